The maximum absolute atomic E-state index is 12.2. The first-order chi connectivity index (χ1) is 12.2. The molecule has 0 aromatic carbocycles. The van der Waals surface area contributed by atoms with E-state index < -0.39 is 0 Å². The molecular formula is C17H21N5O3. The van der Waals surface area contributed by atoms with Gasteiger partial charge < -0.3 is 19.5 Å². The van der Waals surface area contributed by atoms with Crippen LogP contribution in [0.3, 0.4) is 0 Å². The van der Waals surface area contributed by atoms with E-state index in [0.717, 1.165) is 37.2 Å². The third-order valence-electron chi connectivity index (χ3n) is 4.60. The van der Waals surface area contributed by atoms with Gasteiger partial charge in [0.05, 0.1) is 5.56 Å². The van der Waals surface area contributed by atoms with Crippen molar-refractivity contribution in [2.45, 2.75) is 38.3 Å². The van der Waals surface area contributed by atoms with Gasteiger partial charge in [-0.3, -0.25) is 4.79 Å². The van der Waals surface area contributed by atoms with Crippen molar-refractivity contribution in [2.75, 3.05) is 24.6 Å². The Kier molecular flexibility index (Phi) is 4.35. The van der Waals surface area contributed by atoms with Crippen molar-refractivity contribution in [3.63, 3.8) is 0 Å². The van der Waals surface area contributed by atoms with Gasteiger partial charge in [-0.15, -0.1) is 0 Å². The fourth-order valence-corrected chi connectivity index (χ4v) is 3.37. The summed E-state index contributed by atoms with van der Waals surface area (Å²) < 4.78 is 10.7. The third-order valence-corrected chi connectivity index (χ3v) is 4.60. The van der Waals surface area contributed by atoms with Gasteiger partial charge in [0.1, 0.15) is 11.9 Å². The van der Waals surface area contributed by atoms with E-state index in [1.165, 1.54) is 0 Å². The van der Waals surface area contributed by atoms with E-state index in [1.54, 1.807) is 13.1 Å². The fourth-order valence-electron chi connectivity index (χ4n) is 3.37. The molecule has 0 saturated carbocycles. The molecule has 4 rings (SSSR count). The minimum Gasteiger partial charge on any atom is -0.368 e. The summed E-state index contributed by atoms with van der Waals surface area (Å²) in [7, 11) is 0. The molecule has 2 aromatic heterocycles. The molecule has 4 heterocycles. The highest BCUT2D eigenvalue weighted by molar-refractivity contribution is 5.81. The number of aromatic nitrogens is 3. The highest BCUT2D eigenvalue weighted by atomic mass is 16.5. The second-order valence-corrected chi connectivity index (χ2v) is 6.46. The lowest BCUT2D eigenvalue weighted by atomic mass is 10.2. The molecular weight excluding hydrogens is 322 g/mol. The first kappa shape index (κ1) is 16.0. The van der Waals surface area contributed by atoms with Crippen molar-refractivity contribution in [2.24, 2.45) is 0 Å². The molecule has 1 N–H and O–H groups in total. The summed E-state index contributed by atoms with van der Waals surface area (Å²) in [5, 5.41) is 6.95. The molecule has 2 fully saturated rings. The number of carbonyl (C=O) groups is 1. The lowest BCUT2D eigenvalue weighted by molar-refractivity contribution is -0.130. The molecule has 0 radical (unpaired) electrons. The van der Waals surface area contributed by atoms with Gasteiger partial charge in [0, 0.05) is 31.9 Å². The number of anilines is 1. The standard InChI is InChI=1S/C17H21N5O3/c1-11-19-17(25-21-11)13-4-2-7-18-15(13)22-8-6-12(10-22)20-16(23)14-5-3-9-24-14/h2,4,7,12,14H,3,5-6,8-10H2,1H3,(H,20,23)/t12-,14+/m1/s1. The molecule has 8 nitrogen and oxygen atoms in total. The van der Waals surface area contributed by atoms with Crippen LogP contribution in [0.5, 0.6) is 0 Å². The van der Waals surface area contributed by atoms with Gasteiger partial charge in [-0.2, -0.15) is 4.98 Å². The zero-order chi connectivity index (χ0) is 17.2. The Balaban J connectivity index is 1.46. The summed E-state index contributed by atoms with van der Waals surface area (Å²) >= 11 is 0. The maximum atomic E-state index is 12.2. The highest BCUT2D eigenvalue weighted by Gasteiger charge is 2.30. The van der Waals surface area contributed by atoms with Gasteiger partial charge in [0.2, 0.25) is 5.91 Å². The number of rotatable bonds is 4. The first-order valence-corrected chi connectivity index (χ1v) is 8.63. The van der Waals surface area contributed by atoms with Gasteiger partial charge >= 0.3 is 0 Å². The van der Waals surface area contributed by atoms with Crippen molar-refractivity contribution in [3.05, 3.63) is 24.2 Å². The molecule has 0 spiro atoms. The van der Waals surface area contributed by atoms with Gasteiger partial charge in [0.15, 0.2) is 5.82 Å². The molecule has 0 bridgehead atoms. The van der Waals surface area contributed by atoms with Gasteiger partial charge in [-0.25, -0.2) is 4.98 Å². The summed E-state index contributed by atoms with van der Waals surface area (Å²) in [5.74, 6) is 1.86. The number of nitrogens with zero attached hydrogens (tertiary/aromatic N) is 4. The number of hydrogen-bond donors (Lipinski definition) is 1. The highest BCUT2D eigenvalue weighted by Crippen LogP contribution is 2.29. The van der Waals surface area contributed by atoms with Crippen molar-refractivity contribution in [3.8, 4) is 11.5 Å². The summed E-state index contributed by atoms with van der Waals surface area (Å²) in [4.78, 5) is 23.2. The number of ether oxygens (including phenoxy) is 1. The van der Waals surface area contributed by atoms with Crippen LogP contribution in [-0.4, -0.2) is 52.9 Å². The van der Waals surface area contributed by atoms with E-state index in [-0.39, 0.29) is 18.1 Å². The topological polar surface area (TPSA) is 93.4 Å². The van der Waals surface area contributed by atoms with Crippen LogP contribution in [0.15, 0.2) is 22.9 Å². The smallest absolute Gasteiger partial charge is 0.261 e. The SMILES string of the molecule is Cc1noc(-c2cccnc2N2CC[C@@H](NC(=O)[C@@H]3CCCO3)C2)n1. The number of amides is 1. The Bertz CT molecular complexity index is 756. The predicted molar refractivity (Wildman–Crippen MR) is 90.0 cm³/mol. The molecule has 25 heavy (non-hydrogen) atoms. The first-order valence-electron chi connectivity index (χ1n) is 8.63. The molecule has 8 heteroatoms. The van der Waals surface area contributed by atoms with E-state index >= 15 is 0 Å². The molecule has 0 unspecified atom stereocenters. The Hall–Kier alpha value is -2.48. The number of carbonyl (C=O) groups excluding carboxylic acids is 1. The fraction of sp³-hybridized carbons (Fsp3) is 0.529. The maximum Gasteiger partial charge on any atom is 0.261 e. The van der Waals surface area contributed by atoms with E-state index in [2.05, 4.69) is 25.3 Å². The molecule has 132 valence electrons. The minimum atomic E-state index is -0.291. The van der Waals surface area contributed by atoms with Gasteiger partial charge in [-0.1, -0.05) is 5.16 Å². The van der Waals surface area contributed by atoms with Crippen LogP contribution in [0.4, 0.5) is 5.82 Å². The number of nitrogens with one attached hydrogen (secondary N) is 1. The minimum absolute atomic E-state index is 0.00174. The Labute approximate surface area is 145 Å². The average Bonchev–Trinajstić information content (AvgIpc) is 3.36. The molecule has 1 amide bonds. The second-order valence-electron chi connectivity index (χ2n) is 6.46. The van der Waals surface area contributed by atoms with Crippen molar-refractivity contribution < 1.29 is 14.1 Å². The summed E-state index contributed by atoms with van der Waals surface area (Å²) in [6, 6.07) is 3.87. The predicted octanol–water partition coefficient (Wildman–Crippen LogP) is 1.31. The lowest BCUT2D eigenvalue weighted by Gasteiger charge is -2.20. The van der Waals surface area contributed by atoms with Gasteiger partial charge in [-0.05, 0) is 38.3 Å². The monoisotopic (exact) mass is 343 g/mol. The van der Waals surface area contributed by atoms with E-state index in [1.807, 2.05) is 12.1 Å². The molecule has 0 aliphatic carbocycles. The van der Waals surface area contributed by atoms with Crippen LogP contribution in [-0.2, 0) is 9.53 Å². The van der Waals surface area contributed by atoms with E-state index in [0.29, 0.717) is 24.9 Å². The summed E-state index contributed by atoms with van der Waals surface area (Å²) in [6.45, 7) is 3.98. The average molecular weight is 343 g/mol. The Morgan fingerprint density at radius 3 is 3.08 bits per heavy atom. The van der Waals surface area contributed by atoms with Crippen LogP contribution >= 0.6 is 0 Å². The molecule has 2 saturated heterocycles. The lowest BCUT2D eigenvalue weighted by Crippen LogP contribution is -2.42. The van der Waals surface area contributed by atoms with Crippen LogP contribution in [0.25, 0.3) is 11.5 Å². The van der Waals surface area contributed by atoms with E-state index in [9.17, 15) is 4.79 Å². The molecule has 2 atom stereocenters. The normalized spacial score (nSPS) is 23.2. The van der Waals surface area contributed by atoms with Crippen molar-refractivity contribution >= 4 is 11.7 Å². The van der Waals surface area contributed by atoms with E-state index in [4.69, 9.17) is 9.26 Å². The number of aryl methyl sites for hydroxylation is 1. The molecule has 2 aliphatic heterocycles. The zero-order valence-electron chi connectivity index (χ0n) is 14.1. The number of pyridine rings is 1. The molecule has 2 aromatic rings. The summed E-state index contributed by atoms with van der Waals surface area (Å²) in [6.07, 6.45) is 4.09. The van der Waals surface area contributed by atoms with Crippen molar-refractivity contribution in [1.82, 2.24) is 20.4 Å². The van der Waals surface area contributed by atoms with Gasteiger partial charge in [0.25, 0.3) is 5.89 Å². The third kappa shape index (κ3) is 3.34. The summed E-state index contributed by atoms with van der Waals surface area (Å²) in [5.41, 5.74) is 0.814. The zero-order valence-corrected chi connectivity index (χ0v) is 14.1. The Morgan fingerprint density at radius 2 is 2.32 bits per heavy atom. The number of hydrogen-bond acceptors (Lipinski definition) is 7. The molecule has 2 aliphatic rings. The second kappa shape index (κ2) is 6.79. The Morgan fingerprint density at radius 1 is 1.40 bits per heavy atom. The largest absolute Gasteiger partial charge is 0.368 e. The quantitative estimate of drug-likeness (QED) is 0.894. The van der Waals surface area contributed by atoms with Crippen LogP contribution in [0.1, 0.15) is 25.1 Å². The van der Waals surface area contributed by atoms with Crippen LogP contribution in [0, 0.1) is 6.92 Å². The van der Waals surface area contributed by atoms with Crippen molar-refractivity contribution in [1.29, 1.82) is 0 Å². The van der Waals surface area contributed by atoms with Crippen LogP contribution < -0.4 is 10.2 Å². The van der Waals surface area contributed by atoms with Crippen LogP contribution in [0.2, 0.25) is 0 Å².